The largest absolute Gasteiger partial charge is 0.491 e. The van der Waals surface area contributed by atoms with Gasteiger partial charge >= 0.3 is 7.12 Å². The number of aliphatic hydroxyl groups excluding tert-OH is 1. The Labute approximate surface area is 69.2 Å². The molecule has 0 bridgehead atoms. The van der Waals surface area contributed by atoms with Gasteiger partial charge in [-0.25, -0.2) is 4.39 Å². The van der Waals surface area contributed by atoms with Crippen molar-refractivity contribution in [3.63, 3.8) is 0 Å². The van der Waals surface area contributed by atoms with Crippen LogP contribution in [0, 0.1) is 5.82 Å². The van der Waals surface area contributed by atoms with Crippen molar-refractivity contribution < 1.29 is 19.5 Å². The molecule has 1 aromatic rings. The Morgan fingerprint density at radius 3 is 2.42 bits per heavy atom. The van der Waals surface area contributed by atoms with Gasteiger partial charge in [0, 0.05) is 5.46 Å². The first-order chi connectivity index (χ1) is 5.66. The van der Waals surface area contributed by atoms with Crippen molar-refractivity contribution in [2.75, 3.05) is 0 Å². The van der Waals surface area contributed by atoms with Crippen LogP contribution in [0.2, 0.25) is 0 Å². The molecular formula is C7H8BFO3. The van der Waals surface area contributed by atoms with Crippen molar-refractivity contribution in [3.8, 4) is 0 Å². The summed E-state index contributed by atoms with van der Waals surface area (Å²) in [6.07, 6.45) is 0. The van der Waals surface area contributed by atoms with Crippen molar-refractivity contribution >= 4 is 12.6 Å². The summed E-state index contributed by atoms with van der Waals surface area (Å²) in [5.41, 5.74) is -0.0787. The molecule has 3 nitrogen and oxygen atoms in total. The number of rotatable bonds is 2. The molecule has 0 radical (unpaired) electrons. The molecule has 0 aromatic heterocycles. The minimum atomic E-state index is -1.88. The molecule has 1 rings (SSSR count). The monoisotopic (exact) mass is 170 g/mol. The van der Waals surface area contributed by atoms with Crippen LogP contribution in [-0.2, 0) is 6.61 Å². The van der Waals surface area contributed by atoms with Crippen molar-refractivity contribution in [3.05, 3.63) is 29.6 Å². The van der Waals surface area contributed by atoms with E-state index in [4.69, 9.17) is 15.2 Å². The van der Waals surface area contributed by atoms with E-state index in [1.165, 1.54) is 12.1 Å². The van der Waals surface area contributed by atoms with Gasteiger partial charge in [-0.05, 0) is 11.6 Å². The number of halogens is 1. The third-order valence-electron chi connectivity index (χ3n) is 1.57. The second-order valence-corrected chi connectivity index (χ2v) is 2.34. The van der Waals surface area contributed by atoms with Gasteiger partial charge in [0.05, 0.1) is 6.61 Å². The minimum Gasteiger partial charge on any atom is -0.423 e. The van der Waals surface area contributed by atoms with Crippen LogP contribution in [0.5, 0.6) is 0 Å². The molecule has 0 amide bonds. The second-order valence-electron chi connectivity index (χ2n) is 2.34. The van der Waals surface area contributed by atoms with E-state index in [9.17, 15) is 4.39 Å². The average Bonchev–Trinajstić information content (AvgIpc) is 2.03. The SMILES string of the molecule is OCc1cccc(F)c1B(O)O. The zero-order valence-corrected chi connectivity index (χ0v) is 6.24. The molecule has 0 aliphatic carbocycles. The van der Waals surface area contributed by atoms with Crippen molar-refractivity contribution in [2.24, 2.45) is 0 Å². The highest BCUT2D eigenvalue weighted by Crippen LogP contribution is 2.01. The summed E-state index contributed by atoms with van der Waals surface area (Å²) in [7, 11) is -1.88. The van der Waals surface area contributed by atoms with Crippen LogP contribution in [0.4, 0.5) is 4.39 Å². The fraction of sp³-hybridized carbons (Fsp3) is 0.143. The summed E-state index contributed by atoms with van der Waals surface area (Å²) in [6.45, 7) is -0.412. The Morgan fingerprint density at radius 1 is 1.33 bits per heavy atom. The van der Waals surface area contributed by atoms with E-state index in [0.717, 1.165) is 6.07 Å². The highest BCUT2D eigenvalue weighted by Gasteiger charge is 2.19. The Hall–Kier alpha value is -0.905. The topological polar surface area (TPSA) is 60.7 Å². The van der Waals surface area contributed by atoms with Gasteiger partial charge in [0.25, 0.3) is 0 Å². The van der Waals surface area contributed by atoms with E-state index in [2.05, 4.69) is 0 Å². The van der Waals surface area contributed by atoms with Gasteiger partial charge < -0.3 is 15.2 Å². The maximum Gasteiger partial charge on any atom is 0.491 e. The highest BCUT2D eigenvalue weighted by atomic mass is 19.1. The smallest absolute Gasteiger partial charge is 0.423 e. The predicted molar refractivity (Wildman–Crippen MR) is 42.1 cm³/mol. The Balaban J connectivity index is 3.20. The molecule has 0 spiro atoms. The number of hydrogen-bond donors (Lipinski definition) is 3. The van der Waals surface area contributed by atoms with E-state index in [1.54, 1.807) is 0 Å². The maximum atomic E-state index is 12.9. The summed E-state index contributed by atoms with van der Waals surface area (Å²) in [4.78, 5) is 0. The van der Waals surface area contributed by atoms with Crippen molar-refractivity contribution in [1.82, 2.24) is 0 Å². The summed E-state index contributed by atoms with van der Waals surface area (Å²) in [6, 6.07) is 3.93. The number of aliphatic hydroxyl groups is 1. The first-order valence-corrected chi connectivity index (χ1v) is 3.41. The summed E-state index contributed by atoms with van der Waals surface area (Å²) < 4.78 is 12.9. The van der Waals surface area contributed by atoms with Crippen LogP contribution in [-0.4, -0.2) is 22.3 Å². The second kappa shape index (κ2) is 3.66. The molecule has 0 fully saturated rings. The number of benzene rings is 1. The third kappa shape index (κ3) is 1.63. The lowest BCUT2D eigenvalue weighted by atomic mass is 9.76. The maximum absolute atomic E-state index is 12.9. The fourth-order valence-electron chi connectivity index (χ4n) is 1.01. The first-order valence-electron chi connectivity index (χ1n) is 3.41. The van der Waals surface area contributed by atoms with Gasteiger partial charge in [-0.1, -0.05) is 12.1 Å². The molecule has 5 heteroatoms. The summed E-state index contributed by atoms with van der Waals surface area (Å²) in [5, 5.41) is 26.1. The average molecular weight is 170 g/mol. The Morgan fingerprint density at radius 2 is 2.00 bits per heavy atom. The first kappa shape index (κ1) is 9.19. The summed E-state index contributed by atoms with van der Waals surface area (Å²) in [5.74, 6) is -0.725. The van der Waals surface area contributed by atoms with Crippen LogP contribution in [0.25, 0.3) is 0 Å². The molecule has 3 N–H and O–H groups in total. The standard InChI is InChI=1S/C7H8BFO3/c9-6-3-1-2-5(4-10)7(6)8(11)12/h1-3,10-12H,4H2. The van der Waals surface area contributed by atoms with Crippen molar-refractivity contribution in [1.29, 1.82) is 0 Å². The molecule has 0 saturated carbocycles. The van der Waals surface area contributed by atoms with Crippen LogP contribution >= 0.6 is 0 Å². The lowest BCUT2D eigenvalue weighted by Gasteiger charge is -2.06. The van der Waals surface area contributed by atoms with E-state index in [0.29, 0.717) is 0 Å². The molecule has 0 aliphatic rings. The zero-order chi connectivity index (χ0) is 9.14. The molecule has 0 saturated heterocycles. The lowest BCUT2D eigenvalue weighted by molar-refractivity contribution is 0.281. The zero-order valence-electron chi connectivity index (χ0n) is 6.24. The van der Waals surface area contributed by atoms with Crippen LogP contribution in [0.3, 0.4) is 0 Å². The molecule has 1 aromatic carbocycles. The van der Waals surface area contributed by atoms with E-state index in [1.807, 2.05) is 0 Å². The number of hydrogen-bond acceptors (Lipinski definition) is 3. The fourth-order valence-corrected chi connectivity index (χ4v) is 1.01. The lowest BCUT2D eigenvalue weighted by Crippen LogP contribution is -2.35. The van der Waals surface area contributed by atoms with Gasteiger partial charge in [-0.3, -0.25) is 0 Å². The molecule has 12 heavy (non-hydrogen) atoms. The summed E-state index contributed by atoms with van der Waals surface area (Å²) >= 11 is 0. The molecule has 64 valence electrons. The van der Waals surface area contributed by atoms with Gasteiger partial charge in [0.2, 0.25) is 0 Å². The normalized spacial score (nSPS) is 10.0. The van der Waals surface area contributed by atoms with E-state index < -0.39 is 19.5 Å². The Kier molecular flexibility index (Phi) is 2.81. The van der Waals surface area contributed by atoms with E-state index >= 15 is 0 Å². The minimum absolute atomic E-state index is 0.185. The van der Waals surface area contributed by atoms with Crippen molar-refractivity contribution in [2.45, 2.75) is 6.61 Å². The van der Waals surface area contributed by atoms with Gasteiger partial charge in [-0.15, -0.1) is 0 Å². The van der Waals surface area contributed by atoms with E-state index in [-0.39, 0.29) is 11.0 Å². The molecule has 0 atom stereocenters. The van der Waals surface area contributed by atoms with Crippen LogP contribution in [0.15, 0.2) is 18.2 Å². The predicted octanol–water partition coefficient (Wildman–Crippen LogP) is -1.00. The molecule has 0 heterocycles. The molecule has 0 unspecified atom stereocenters. The molecule has 0 aliphatic heterocycles. The van der Waals surface area contributed by atoms with Crippen LogP contribution in [0.1, 0.15) is 5.56 Å². The van der Waals surface area contributed by atoms with Gasteiger partial charge in [-0.2, -0.15) is 0 Å². The third-order valence-corrected chi connectivity index (χ3v) is 1.57. The van der Waals surface area contributed by atoms with Crippen LogP contribution < -0.4 is 5.46 Å². The quantitative estimate of drug-likeness (QED) is 0.498. The van der Waals surface area contributed by atoms with Gasteiger partial charge in [0.1, 0.15) is 5.82 Å². The highest BCUT2D eigenvalue weighted by molar-refractivity contribution is 6.59. The molecular weight excluding hydrogens is 162 g/mol. The van der Waals surface area contributed by atoms with Gasteiger partial charge in [0.15, 0.2) is 0 Å². The Bertz CT molecular complexity index is 277.